The Kier molecular flexibility index (Phi) is 5.83. The van der Waals surface area contributed by atoms with E-state index < -0.39 is 0 Å². The lowest BCUT2D eigenvalue weighted by Gasteiger charge is -2.07. The lowest BCUT2D eigenvalue weighted by Crippen LogP contribution is -2.37. The molecule has 0 saturated carbocycles. The molecule has 0 N–H and O–H groups in total. The molecule has 0 unspecified atom stereocenters. The molecule has 0 aliphatic carbocycles. The highest BCUT2D eigenvalue weighted by molar-refractivity contribution is 5.74. The number of ether oxygens (including phenoxy) is 1. The molecule has 0 radical (unpaired) electrons. The maximum absolute atomic E-state index is 14.4. The largest absolute Gasteiger partial charge is 0.497 e. The highest BCUT2D eigenvalue weighted by Gasteiger charge is 2.23. The second kappa shape index (κ2) is 8.12. The van der Waals surface area contributed by atoms with Crippen LogP contribution in [0.15, 0.2) is 36.4 Å². The molecule has 0 spiro atoms. The molecule has 0 aliphatic rings. The van der Waals surface area contributed by atoms with Crippen molar-refractivity contribution in [3.05, 3.63) is 59.2 Å². The predicted octanol–water partition coefficient (Wildman–Crippen LogP) is 5.18. The van der Waals surface area contributed by atoms with Gasteiger partial charge in [-0.15, -0.1) is 0 Å². The number of nitrogens with zero attached hydrogens (tertiary/aromatic N) is 2. The van der Waals surface area contributed by atoms with Crippen molar-refractivity contribution in [1.82, 2.24) is 4.57 Å². The van der Waals surface area contributed by atoms with E-state index in [1.807, 2.05) is 19.1 Å². The van der Waals surface area contributed by atoms with Crippen molar-refractivity contribution in [1.29, 1.82) is 0 Å². The first-order chi connectivity index (χ1) is 12.9. The van der Waals surface area contributed by atoms with Gasteiger partial charge in [-0.1, -0.05) is 26.0 Å². The minimum Gasteiger partial charge on any atom is -0.497 e. The maximum Gasteiger partial charge on any atom is 0.254 e. The van der Waals surface area contributed by atoms with Crippen LogP contribution < -0.4 is 9.30 Å². The first kappa shape index (κ1) is 19.4. The molecule has 3 nitrogen and oxygen atoms in total. The summed E-state index contributed by atoms with van der Waals surface area (Å²) in [6, 6.07) is 11.4. The first-order valence-electron chi connectivity index (χ1n) is 9.73. The molecule has 27 heavy (non-hydrogen) atoms. The smallest absolute Gasteiger partial charge is 0.254 e. The summed E-state index contributed by atoms with van der Waals surface area (Å²) < 4.78 is 24.4. The van der Waals surface area contributed by atoms with E-state index in [4.69, 9.17) is 4.74 Å². The number of methoxy groups -OCH3 is 1. The zero-order valence-electron chi connectivity index (χ0n) is 17.1. The number of benzene rings is 2. The zero-order chi connectivity index (χ0) is 19.6. The molecular formula is C23H30FN2O+. The minimum atomic E-state index is -0.142. The SMILES string of the molecule is COc1ccc2c(c1)n(CCCC(C)C)c(C)[n+]2Cc1c(C)cccc1F. The second-order valence-corrected chi connectivity index (χ2v) is 7.71. The van der Waals surface area contributed by atoms with Gasteiger partial charge in [0.15, 0.2) is 11.0 Å². The van der Waals surface area contributed by atoms with Crippen LogP contribution in [0.3, 0.4) is 0 Å². The lowest BCUT2D eigenvalue weighted by molar-refractivity contribution is -0.669. The van der Waals surface area contributed by atoms with Crippen molar-refractivity contribution in [2.45, 2.75) is 53.6 Å². The fraction of sp³-hybridized carbons (Fsp3) is 0.435. The Hall–Kier alpha value is -2.36. The molecule has 144 valence electrons. The van der Waals surface area contributed by atoms with E-state index in [1.165, 1.54) is 6.42 Å². The van der Waals surface area contributed by atoms with Crippen molar-refractivity contribution < 1.29 is 13.7 Å². The van der Waals surface area contributed by atoms with Gasteiger partial charge in [0.25, 0.3) is 5.82 Å². The summed E-state index contributed by atoms with van der Waals surface area (Å²) in [6.45, 7) is 10.1. The van der Waals surface area contributed by atoms with Crippen LogP contribution in [0.2, 0.25) is 0 Å². The highest BCUT2D eigenvalue weighted by Crippen LogP contribution is 2.23. The summed E-state index contributed by atoms with van der Waals surface area (Å²) in [5.74, 6) is 2.54. The van der Waals surface area contributed by atoms with Crippen molar-refractivity contribution in [2.24, 2.45) is 5.92 Å². The van der Waals surface area contributed by atoms with Crippen LogP contribution in [-0.4, -0.2) is 11.7 Å². The van der Waals surface area contributed by atoms with E-state index in [9.17, 15) is 4.39 Å². The molecule has 1 heterocycles. The van der Waals surface area contributed by atoms with Crippen LogP contribution in [-0.2, 0) is 13.1 Å². The Bertz CT molecular complexity index is 923. The minimum absolute atomic E-state index is 0.142. The van der Waals surface area contributed by atoms with Gasteiger partial charge in [-0.25, -0.2) is 13.5 Å². The van der Waals surface area contributed by atoms with E-state index >= 15 is 0 Å². The standard InChI is InChI=1S/C23H30FN2O/c1-16(2)8-7-13-25-18(4)26(15-20-17(3)9-6-10-21(20)24)22-12-11-19(27-5)14-23(22)25/h6,9-12,14,16H,7-8,13,15H2,1-5H3/q+1. The topological polar surface area (TPSA) is 18.0 Å². The maximum atomic E-state index is 14.4. The molecule has 0 fully saturated rings. The Morgan fingerprint density at radius 2 is 1.93 bits per heavy atom. The van der Waals surface area contributed by atoms with Gasteiger partial charge in [-0.2, -0.15) is 0 Å². The number of aromatic nitrogens is 2. The molecule has 3 rings (SSSR count). The first-order valence-corrected chi connectivity index (χ1v) is 9.73. The third-order valence-corrected chi connectivity index (χ3v) is 5.38. The van der Waals surface area contributed by atoms with Crippen molar-refractivity contribution >= 4 is 11.0 Å². The Labute approximate surface area is 161 Å². The van der Waals surface area contributed by atoms with Crippen LogP contribution in [0.4, 0.5) is 4.39 Å². The Morgan fingerprint density at radius 1 is 1.15 bits per heavy atom. The highest BCUT2D eigenvalue weighted by atomic mass is 19.1. The number of hydrogen-bond acceptors (Lipinski definition) is 1. The number of imidazole rings is 1. The van der Waals surface area contributed by atoms with Crippen molar-refractivity contribution in [2.75, 3.05) is 7.11 Å². The molecule has 0 saturated heterocycles. The summed E-state index contributed by atoms with van der Waals surface area (Å²) in [7, 11) is 1.69. The molecule has 0 aliphatic heterocycles. The molecular weight excluding hydrogens is 339 g/mol. The van der Waals surface area contributed by atoms with Gasteiger partial charge in [-0.3, -0.25) is 0 Å². The number of rotatable bonds is 7. The molecule has 0 bridgehead atoms. The molecule has 3 aromatic rings. The second-order valence-electron chi connectivity index (χ2n) is 7.71. The summed E-state index contributed by atoms with van der Waals surface area (Å²) in [4.78, 5) is 0. The number of halogens is 1. The molecule has 4 heteroatoms. The summed E-state index contributed by atoms with van der Waals surface area (Å²) in [6.07, 6.45) is 2.31. The van der Waals surface area contributed by atoms with E-state index in [2.05, 4.69) is 42.0 Å². The van der Waals surface area contributed by atoms with Gasteiger partial charge in [0.05, 0.1) is 13.7 Å². The monoisotopic (exact) mass is 369 g/mol. The van der Waals surface area contributed by atoms with E-state index in [1.54, 1.807) is 19.2 Å². The third-order valence-electron chi connectivity index (χ3n) is 5.38. The lowest BCUT2D eigenvalue weighted by atomic mass is 10.1. The number of fused-ring (bicyclic) bond motifs is 1. The summed E-state index contributed by atoms with van der Waals surface area (Å²) >= 11 is 0. The van der Waals surface area contributed by atoms with Crippen LogP contribution in [0, 0.1) is 25.6 Å². The fourth-order valence-electron chi connectivity index (χ4n) is 3.73. The molecule has 0 atom stereocenters. The van der Waals surface area contributed by atoms with E-state index in [0.29, 0.717) is 12.5 Å². The summed E-state index contributed by atoms with van der Waals surface area (Å²) in [5.41, 5.74) is 3.99. The fourth-order valence-corrected chi connectivity index (χ4v) is 3.73. The van der Waals surface area contributed by atoms with Crippen LogP contribution >= 0.6 is 0 Å². The van der Waals surface area contributed by atoms with Gasteiger partial charge in [-0.05, 0) is 49.4 Å². The number of aryl methyl sites for hydroxylation is 2. The predicted molar refractivity (Wildman–Crippen MR) is 108 cm³/mol. The van der Waals surface area contributed by atoms with Gasteiger partial charge in [0.1, 0.15) is 18.1 Å². The van der Waals surface area contributed by atoms with Gasteiger partial charge < -0.3 is 4.74 Å². The molecule has 1 aromatic heterocycles. The Morgan fingerprint density at radius 3 is 2.59 bits per heavy atom. The zero-order valence-corrected chi connectivity index (χ0v) is 17.1. The van der Waals surface area contributed by atoms with Gasteiger partial charge in [0.2, 0.25) is 0 Å². The molecule has 2 aromatic carbocycles. The van der Waals surface area contributed by atoms with Crippen molar-refractivity contribution in [3.8, 4) is 5.75 Å². The average molecular weight is 370 g/mol. The third kappa shape index (κ3) is 4.00. The van der Waals surface area contributed by atoms with Crippen LogP contribution in [0.5, 0.6) is 5.75 Å². The molecule has 0 amide bonds. The average Bonchev–Trinajstić information content (AvgIpc) is 2.89. The quantitative estimate of drug-likeness (QED) is 0.525. The van der Waals surface area contributed by atoms with Crippen molar-refractivity contribution in [3.63, 3.8) is 0 Å². The summed E-state index contributed by atoms with van der Waals surface area (Å²) in [5, 5.41) is 0. The van der Waals surface area contributed by atoms with Gasteiger partial charge in [0, 0.05) is 18.6 Å². The van der Waals surface area contributed by atoms with E-state index in [-0.39, 0.29) is 5.82 Å². The van der Waals surface area contributed by atoms with Gasteiger partial charge >= 0.3 is 0 Å². The number of hydrogen-bond donors (Lipinski definition) is 0. The van der Waals surface area contributed by atoms with Crippen LogP contribution in [0.25, 0.3) is 11.0 Å². The normalized spacial score (nSPS) is 11.5. The van der Waals surface area contributed by atoms with E-state index in [0.717, 1.165) is 46.7 Å². The Balaban J connectivity index is 2.08. The van der Waals surface area contributed by atoms with Crippen LogP contribution in [0.1, 0.15) is 43.6 Å².